The van der Waals surface area contributed by atoms with Crippen LogP contribution in [-0.2, 0) is 0 Å². The second kappa shape index (κ2) is 5.68. The van der Waals surface area contributed by atoms with Crippen LogP contribution >= 0.6 is 0 Å². The van der Waals surface area contributed by atoms with Gasteiger partial charge in [-0.15, -0.1) is 10.2 Å². The molecule has 2 aromatic rings. The van der Waals surface area contributed by atoms with Crippen LogP contribution < -0.4 is 17.2 Å². The highest BCUT2D eigenvalue weighted by Gasteiger charge is 1.99. The van der Waals surface area contributed by atoms with Gasteiger partial charge in [0.15, 0.2) is 11.7 Å². The standard InChI is InChI=1S/C14H15N5/c15-12-8-6-11(7-9-12)14(17)19-18-13(16)10-4-2-1-3-5-10/h1-9H,15H2,(H2,16,18)(H2,17,19). The largest absolute Gasteiger partial charge is 0.399 e. The maximum atomic E-state index is 5.82. The number of nitrogens with two attached hydrogens (primary N) is 3. The van der Waals surface area contributed by atoms with Crippen LogP contribution in [0.2, 0.25) is 0 Å². The molecule has 0 bridgehead atoms. The molecule has 0 saturated carbocycles. The molecule has 0 saturated heterocycles. The number of hydrogen-bond acceptors (Lipinski definition) is 3. The number of nitrogen functional groups attached to an aromatic ring is 1. The molecule has 0 spiro atoms. The van der Waals surface area contributed by atoms with E-state index in [1.165, 1.54) is 0 Å². The van der Waals surface area contributed by atoms with Crippen LogP contribution in [0.25, 0.3) is 0 Å². The lowest BCUT2D eigenvalue weighted by Crippen LogP contribution is -2.16. The van der Waals surface area contributed by atoms with Gasteiger partial charge in [-0.1, -0.05) is 30.3 Å². The summed E-state index contributed by atoms with van der Waals surface area (Å²) in [7, 11) is 0. The third kappa shape index (κ3) is 3.32. The predicted molar refractivity (Wildman–Crippen MR) is 78.7 cm³/mol. The van der Waals surface area contributed by atoms with Crippen LogP contribution in [0.5, 0.6) is 0 Å². The van der Waals surface area contributed by atoms with Gasteiger partial charge in [-0.3, -0.25) is 0 Å². The van der Waals surface area contributed by atoms with E-state index in [4.69, 9.17) is 17.2 Å². The molecule has 0 aliphatic carbocycles. The Balaban J connectivity index is 2.20. The van der Waals surface area contributed by atoms with Gasteiger partial charge in [0.05, 0.1) is 0 Å². The number of benzene rings is 2. The maximum absolute atomic E-state index is 5.82. The first-order valence-corrected chi connectivity index (χ1v) is 5.75. The van der Waals surface area contributed by atoms with E-state index in [1.807, 2.05) is 30.3 Å². The van der Waals surface area contributed by atoms with Crippen molar-refractivity contribution in [1.29, 1.82) is 0 Å². The molecule has 0 fully saturated rings. The molecule has 6 N–H and O–H groups in total. The smallest absolute Gasteiger partial charge is 0.153 e. The molecule has 2 rings (SSSR count). The maximum Gasteiger partial charge on any atom is 0.153 e. The minimum atomic E-state index is 0.291. The van der Waals surface area contributed by atoms with Crippen LogP contribution in [0, 0.1) is 0 Å². The van der Waals surface area contributed by atoms with Crippen molar-refractivity contribution in [3.8, 4) is 0 Å². The van der Waals surface area contributed by atoms with Crippen LogP contribution in [0.1, 0.15) is 11.1 Å². The molecular weight excluding hydrogens is 238 g/mol. The van der Waals surface area contributed by atoms with Crippen molar-refractivity contribution in [2.75, 3.05) is 5.73 Å². The highest BCUT2D eigenvalue weighted by atomic mass is 15.3. The zero-order valence-electron chi connectivity index (χ0n) is 10.3. The molecule has 0 aromatic heterocycles. The zero-order chi connectivity index (χ0) is 13.7. The molecular formula is C14H15N5. The Hall–Kier alpha value is -2.82. The number of amidine groups is 2. The number of rotatable bonds is 3. The van der Waals surface area contributed by atoms with Gasteiger partial charge in [0.2, 0.25) is 0 Å². The quantitative estimate of drug-likeness (QED) is 0.332. The summed E-state index contributed by atoms with van der Waals surface area (Å²) in [4.78, 5) is 0. The molecule has 5 nitrogen and oxygen atoms in total. The summed E-state index contributed by atoms with van der Waals surface area (Å²) < 4.78 is 0. The SMILES string of the molecule is N/C(=N\N=C(/N)c1ccc(N)cc1)c1ccccc1. The van der Waals surface area contributed by atoms with Gasteiger partial charge in [0.25, 0.3) is 0 Å². The second-order valence-corrected chi connectivity index (χ2v) is 3.96. The number of nitrogens with zero attached hydrogens (tertiary/aromatic N) is 2. The summed E-state index contributed by atoms with van der Waals surface area (Å²) in [6.45, 7) is 0. The van der Waals surface area contributed by atoms with E-state index in [9.17, 15) is 0 Å². The first kappa shape index (κ1) is 12.6. The summed E-state index contributed by atoms with van der Waals surface area (Å²) in [5, 5.41) is 7.84. The molecule has 5 heteroatoms. The molecule has 96 valence electrons. The van der Waals surface area contributed by atoms with Crippen molar-refractivity contribution in [2.45, 2.75) is 0 Å². The van der Waals surface area contributed by atoms with Gasteiger partial charge in [-0.05, 0) is 24.3 Å². The fourth-order valence-corrected chi connectivity index (χ4v) is 1.49. The van der Waals surface area contributed by atoms with Gasteiger partial charge in [-0.2, -0.15) is 0 Å². The van der Waals surface area contributed by atoms with E-state index in [2.05, 4.69) is 10.2 Å². The zero-order valence-corrected chi connectivity index (χ0v) is 10.3. The Labute approximate surface area is 111 Å². The molecule has 19 heavy (non-hydrogen) atoms. The van der Waals surface area contributed by atoms with E-state index in [-0.39, 0.29) is 0 Å². The van der Waals surface area contributed by atoms with E-state index < -0.39 is 0 Å². The average Bonchev–Trinajstić information content (AvgIpc) is 2.46. The Kier molecular flexibility index (Phi) is 3.78. The fraction of sp³-hybridized carbons (Fsp3) is 0. The van der Waals surface area contributed by atoms with Crippen molar-refractivity contribution in [2.24, 2.45) is 21.7 Å². The lowest BCUT2D eigenvalue weighted by atomic mass is 10.2. The third-order valence-corrected chi connectivity index (χ3v) is 2.54. The topological polar surface area (TPSA) is 103 Å². The van der Waals surface area contributed by atoms with E-state index >= 15 is 0 Å². The van der Waals surface area contributed by atoms with Gasteiger partial charge in [0.1, 0.15) is 0 Å². The monoisotopic (exact) mass is 253 g/mol. The summed E-state index contributed by atoms with van der Waals surface area (Å²) in [5.41, 5.74) is 19.4. The molecule has 2 aromatic carbocycles. The Morgan fingerprint density at radius 2 is 1.16 bits per heavy atom. The highest BCUT2D eigenvalue weighted by Crippen LogP contribution is 2.05. The molecule has 0 radical (unpaired) electrons. The Morgan fingerprint density at radius 3 is 1.68 bits per heavy atom. The number of hydrogen-bond donors (Lipinski definition) is 3. The van der Waals surface area contributed by atoms with Crippen molar-refractivity contribution in [3.63, 3.8) is 0 Å². The molecule has 0 aliphatic heterocycles. The van der Waals surface area contributed by atoms with Crippen molar-refractivity contribution in [3.05, 3.63) is 65.7 Å². The summed E-state index contributed by atoms with van der Waals surface area (Å²) in [6, 6.07) is 16.4. The average molecular weight is 253 g/mol. The normalized spacial score (nSPS) is 12.4. The van der Waals surface area contributed by atoms with Crippen molar-refractivity contribution >= 4 is 17.4 Å². The van der Waals surface area contributed by atoms with Crippen molar-refractivity contribution < 1.29 is 0 Å². The molecule has 0 aliphatic rings. The predicted octanol–water partition coefficient (Wildman–Crippen LogP) is 1.29. The summed E-state index contributed by atoms with van der Waals surface area (Å²) in [6.07, 6.45) is 0. The lowest BCUT2D eigenvalue weighted by molar-refractivity contribution is 1.20. The minimum absolute atomic E-state index is 0.291. The van der Waals surface area contributed by atoms with Gasteiger partial charge >= 0.3 is 0 Å². The first-order valence-electron chi connectivity index (χ1n) is 5.75. The molecule has 0 amide bonds. The summed E-state index contributed by atoms with van der Waals surface area (Å²) in [5.74, 6) is 0.609. The Morgan fingerprint density at radius 1 is 0.684 bits per heavy atom. The summed E-state index contributed by atoms with van der Waals surface area (Å²) >= 11 is 0. The van der Waals surface area contributed by atoms with Gasteiger partial charge in [0, 0.05) is 16.8 Å². The van der Waals surface area contributed by atoms with E-state index in [0.717, 1.165) is 11.1 Å². The second-order valence-electron chi connectivity index (χ2n) is 3.96. The van der Waals surface area contributed by atoms with Crippen LogP contribution in [0.15, 0.2) is 64.8 Å². The van der Waals surface area contributed by atoms with Gasteiger partial charge in [-0.25, -0.2) is 0 Å². The van der Waals surface area contributed by atoms with Gasteiger partial charge < -0.3 is 17.2 Å². The minimum Gasteiger partial charge on any atom is -0.399 e. The fourth-order valence-electron chi connectivity index (χ4n) is 1.49. The van der Waals surface area contributed by atoms with E-state index in [0.29, 0.717) is 17.4 Å². The highest BCUT2D eigenvalue weighted by molar-refractivity contribution is 6.00. The number of anilines is 1. The van der Waals surface area contributed by atoms with Crippen LogP contribution in [0.3, 0.4) is 0 Å². The van der Waals surface area contributed by atoms with Crippen LogP contribution in [0.4, 0.5) is 5.69 Å². The van der Waals surface area contributed by atoms with Crippen molar-refractivity contribution in [1.82, 2.24) is 0 Å². The lowest BCUT2D eigenvalue weighted by Gasteiger charge is -2.00. The molecule has 0 unspecified atom stereocenters. The Bertz CT molecular complexity index is 599. The van der Waals surface area contributed by atoms with Crippen LogP contribution in [-0.4, -0.2) is 11.7 Å². The first-order chi connectivity index (χ1) is 9.16. The third-order valence-electron chi connectivity index (χ3n) is 2.54. The molecule has 0 atom stereocenters. The molecule has 0 heterocycles. The van der Waals surface area contributed by atoms with E-state index in [1.54, 1.807) is 24.3 Å².